The maximum Gasteiger partial charge on any atom is 0.321 e. The number of imidazole rings is 1. The summed E-state index contributed by atoms with van der Waals surface area (Å²) in [6.07, 6.45) is 6.95. The fraction of sp³-hybridized carbons (Fsp3) is 0. The monoisotopic (exact) mass is 293 g/mol. The minimum absolute atomic E-state index is 0.938. The molecule has 0 saturated heterocycles. The lowest BCUT2D eigenvalue weighted by Crippen LogP contribution is -2.13. The van der Waals surface area contributed by atoms with Gasteiger partial charge in [0.15, 0.2) is 0 Å². The summed E-state index contributed by atoms with van der Waals surface area (Å²) < 4.78 is 23.6. The Morgan fingerprint density at radius 1 is 0.944 bits per heavy atom. The third-order valence-electron chi connectivity index (χ3n) is 1.58. The van der Waals surface area contributed by atoms with Crippen molar-refractivity contribution in [3.8, 4) is 0 Å². The molecule has 2 rings (SSSR count). The van der Waals surface area contributed by atoms with Crippen molar-refractivity contribution < 1.29 is 9.13 Å². The van der Waals surface area contributed by atoms with Crippen LogP contribution in [0.15, 0.2) is 31.1 Å². The van der Waals surface area contributed by atoms with E-state index in [0.717, 1.165) is 4.45 Å². The lowest BCUT2D eigenvalue weighted by Gasteiger charge is -2.04. The molecule has 0 atom stereocenters. The molecule has 13 heteroatoms. The molecule has 0 spiro atoms. The molecular weight excluding hydrogens is 280 g/mol. The standard InChI is InChI=1S/C3H7N4OP.C2H6N5OP/c4-9(5,8)7-2-1-6-3-7;3-9(4,8)7-2-1-5-6-7/h1-3H,(H4,4,5,8);1-2H,(H4,3,4,8). The van der Waals surface area contributed by atoms with E-state index in [4.69, 9.17) is 22.0 Å². The molecule has 0 saturated carbocycles. The molecule has 2 heterocycles. The summed E-state index contributed by atoms with van der Waals surface area (Å²) >= 11 is 0. The number of aromatic nitrogens is 5. The normalized spacial score (nSPS) is 11.8. The summed E-state index contributed by atoms with van der Waals surface area (Å²) in [6, 6.07) is 0. The lowest BCUT2D eigenvalue weighted by atomic mass is 11.0. The average Bonchev–Trinajstić information content (AvgIpc) is 2.91. The van der Waals surface area contributed by atoms with Crippen LogP contribution in [-0.4, -0.2) is 24.1 Å². The molecule has 100 valence electrons. The Bertz CT molecular complexity index is 500. The van der Waals surface area contributed by atoms with Crippen LogP contribution < -0.4 is 22.0 Å². The maximum atomic E-state index is 10.8. The molecule has 2 aromatic rings. The molecule has 0 aromatic carbocycles. The molecule has 0 radical (unpaired) electrons. The summed E-state index contributed by atoms with van der Waals surface area (Å²) in [5.74, 6) is 0. The van der Waals surface area contributed by atoms with Gasteiger partial charge in [0.1, 0.15) is 6.33 Å². The van der Waals surface area contributed by atoms with Crippen LogP contribution in [0.4, 0.5) is 0 Å². The maximum absolute atomic E-state index is 10.8. The van der Waals surface area contributed by atoms with Crippen molar-refractivity contribution in [3.63, 3.8) is 0 Å². The van der Waals surface area contributed by atoms with Gasteiger partial charge in [-0.1, -0.05) is 5.21 Å². The first-order valence-corrected chi connectivity index (χ1v) is 8.01. The van der Waals surface area contributed by atoms with Gasteiger partial charge in [-0.3, -0.25) is 35.5 Å². The highest BCUT2D eigenvalue weighted by Crippen LogP contribution is 2.26. The van der Waals surface area contributed by atoms with Crippen LogP contribution in [0.25, 0.3) is 0 Å². The van der Waals surface area contributed by atoms with Gasteiger partial charge in [0.05, 0.1) is 12.4 Å². The van der Waals surface area contributed by atoms with Crippen LogP contribution in [0.1, 0.15) is 0 Å². The van der Waals surface area contributed by atoms with E-state index >= 15 is 0 Å². The molecule has 0 fully saturated rings. The average molecular weight is 293 g/mol. The van der Waals surface area contributed by atoms with E-state index in [0.29, 0.717) is 0 Å². The van der Waals surface area contributed by atoms with Crippen molar-refractivity contribution in [2.75, 3.05) is 0 Å². The second-order valence-corrected chi connectivity index (χ2v) is 6.67. The van der Waals surface area contributed by atoms with Crippen LogP contribution in [0.2, 0.25) is 0 Å². The predicted octanol–water partition coefficient (Wildman–Crippen LogP) is -1.09. The van der Waals surface area contributed by atoms with E-state index in [-0.39, 0.29) is 0 Å². The van der Waals surface area contributed by atoms with Gasteiger partial charge in [0.2, 0.25) is 0 Å². The van der Waals surface area contributed by atoms with E-state index in [1.165, 1.54) is 35.5 Å². The molecule has 0 bridgehead atoms. The number of nitrogens with zero attached hydrogens (tertiary/aromatic N) is 5. The first kappa shape index (κ1) is 14.7. The highest BCUT2D eigenvalue weighted by atomic mass is 31.2. The van der Waals surface area contributed by atoms with Crippen LogP contribution >= 0.6 is 15.2 Å². The Balaban J connectivity index is 0.000000180. The van der Waals surface area contributed by atoms with Gasteiger partial charge in [0, 0.05) is 12.4 Å². The minimum atomic E-state index is -3.23. The zero-order valence-electron chi connectivity index (χ0n) is 9.14. The second-order valence-electron chi connectivity index (χ2n) is 3.11. The van der Waals surface area contributed by atoms with Crippen LogP contribution in [0, 0.1) is 0 Å². The third kappa shape index (κ3) is 4.49. The molecule has 0 aliphatic heterocycles. The molecule has 2 aromatic heterocycles. The summed E-state index contributed by atoms with van der Waals surface area (Å²) in [5, 5.41) is 6.71. The number of rotatable bonds is 2. The van der Waals surface area contributed by atoms with E-state index in [1.807, 2.05) is 0 Å². The lowest BCUT2D eigenvalue weighted by molar-refractivity contribution is 0.563. The van der Waals surface area contributed by atoms with E-state index in [2.05, 4.69) is 15.3 Å². The molecule has 0 unspecified atom stereocenters. The number of hydrogen-bond donors (Lipinski definition) is 4. The highest BCUT2D eigenvalue weighted by Gasteiger charge is 2.10. The fourth-order valence-corrected chi connectivity index (χ4v) is 1.73. The van der Waals surface area contributed by atoms with Gasteiger partial charge < -0.3 is 0 Å². The Hall–Kier alpha value is -1.35. The number of nitrogens with two attached hydrogens (primary N) is 4. The molecule has 0 amide bonds. The van der Waals surface area contributed by atoms with Crippen molar-refractivity contribution in [1.82, 2.24) is 24.1 Å². The Morgan fingerprint density at radius 3 is 1.83 bits per heavy atom. The summed E-state index contributed by atoms with van der Waals surface area (Å²) in [7, 11) is -6.34. The summed E-state index contributed by atoms with van der Waals surface area (Å²) in [6.45, 7) is 0. The zero-order valence-corrected chi connectivity index (χ0v) is 10.9. The van der Waals surface area contributed by atoms with Gasteiger partial charge >= 0.3 is 15.2 Å². The molecule has 18 heavy (non-hydrogen) atoms. The fourth-order valence-electron chi connectivity index (χ4n) is 0.806. The van der Waals surface area contributed by atoms with Gasteiger partial charge in [-0.05, 0) is 0 Å². The SMILES string of the molecule is NP(N)(=O)n1ccnc1.NP(N)(=O)n1ccnn1. The van der Waals surface area contributed by atoms with Gasteiger partial charge in [-0.15, -0.1) is 5.10 Å². The minimum Gasteiger partial charge on any atom is -0.264 e. The topological polar surface area (TPSA) is 187 Å². The molecule has 8 N–H and O–H groups in total. The number of hydrogen-bond acceptors (Lipinski definition) is 5. The van der Waals surface area contributed by atoms with E-state index < -0.39 is 15.2 Å². The van der Waals surface area contributed by atoms with Crippen LogP contribution in [-0.2, 0) is 9.13 Å². The molecular formula is C5H13N9O2P2. The summed E-state index contributed by atoms with van der Waals surface area (Å²) in [4.78, 5) is 3.62. The Kier molecular flexibility index (Phi) is 4.52. The third-order valence-corrected chi connectivity index (χ3v) is 3.39. The van der Waals surface area contributed by atoms with Crippen LogP contribution in [0.5, 0.6) is 0 Å². The molecule has 0 aliphatic rings. The van der Waals surface area contributed by atoms with Crippen molar-refractivity contribution in [2.24, 2.45) is 22.0 Å². The van der Waals surface area contributed by atoms with Gasteiger partial charge in [0.25, 0.3) is 0 Å². The molecule has 0 aliphatic carbocycles. The first-order chi connectivity index (χ1) is 8.21. The van der Waals surface area contributed by atoms with E-state index in [9.17, 15) is 9.13 Å². The Labute approximate surface area is 102 Å². The predicted molar refractivity (Wildman–Crippen MR) is 65.0 cm³/mol. The second kappa shape index (κ2) is 5.53. The smallest absolute Gasteiger partial charge is 0.264 e. The zero-order chi connectivity index (χ0) is 13.8. The van der Waals surface area contributed by atoms with Crippen LogP contribution in [0.3, 0.4) is 0 Å². The van der Waals surface area contributed by atoms with Crippen molar-refractivity contribution in [1.29, 1.82) is 0 Å². The van der Waals surface area contributed by atoms with Crippen molar-refractivity contribution in [3.05, 3.63) is 31.1 Å². The molecule has 11 nitrogen and oxygen atoms in total. The first-order valence-electron chi connectivity index (χ1n) is 4.41. The quantitative estimate of drug-likeness (QED) is 0.498. The van der Waals surface area contributed by atoms with Crippen molar-refractivity contribution >= 4 is 15.2 Å². The van der Waals surface area contributed by atoms with Gasteiger partial charge in [-0.2, -0.15) is 4.45 Å². The highest BCUT2D eigenvalue weighted by molar-refractivity contribution is 7.57. The van der Waals surface area contributed by atoms with Crippen molar-refractivity contribution in [2.45, 2.75) is 0 Å². The largest absolute Gasteiger partial charge is 0.321 e. The van der Waals surface area contributed by atoms with E-state index in [1.54, 1.807) is 0 Å². The van der Waals surface area contributed by atoms with Gasteiger partial charge in [-0.25, -0.2) is 4.98 Å². The Morgan fingerprint density at radius 2 is 1.61 bits per heavy atom. The summed E-state index contributed by atoms with van der Waals surface area (Å²) in [5.41, 5.74) is 20.1.